The largest absolute Gasteiger partial charge is 0.0843 e. The highest BCUT2D eigenvalue weighted by Gasteiger charge is 2.10. The Kier molecular flexibility index (Phi) is 4.13. The molecule has 2 heteroatoms. The molecular formula is C22H14BrCl. The van der Waals surface area contributed by atoms with Crippen molar-refractivity contribution in [2.24, 2.45) is 0 Å². The molecule has 0 fully saturated rings. The average Bonchev–Trinajstić information content (AvgIpc) is 2.62. The zero-order valence-corrected chi connectivity index (χ0v) is 15.2. The highest BCUT2D eigenvalue weighted by atomic mass is 79.9. The molecule has 0 aliphatic rings. The van der Waals surface area contributed by atoms with Crippen LogP contribution in [0.4, 0.5) is 0 Å². The lowest BCUT2D eigenvalue weighted by Crippen LogP contribution is -1.86. The van der Waals surface area contributed by atoms with E-state index >= 15 is 0 Å². The van der Waals surface area contributed by atoms with Gasteiger partial charge in [0.2, 0.25) is 0 Å². The van der Waals surface area contributed by atoms with Gasteiger partial charge in [-0.15, -0.1) is 0 Å². The molecule has 0 atom stereocenters. The number of rotatable bonds is 2. The topological polar surface area (TPSA) is 0 Å². The second-order valence-corrected chi connectivity index (χ2v) is 7.02. The summed E-state index contributed by atoms with van der Waals surface area (Å²) in [6, 6.07) is 29.4. The molecule has 0 aliphatic carbocycles. The van der Waals surface area contributed by atoms with Crippen LogP contribution in [0, 0.1) is 0 Å². The highest BCUT2D eigenvalue weighted by molar-refractivity contribution is 9.10. The van der Waals surface area contributed by atoms with Crippen molar-refractivity contribution in [2.75, 3.05) is 0 Å². The predicted molar refractivity (Wildman–Crippen MR) is 108 cm³/mol. The van der Waals surface area contributed by atoms with Crippen LogP contribution in [0.1, 0.15) is 0 Å². The summed E-state index contributed by atoms with van der Waals surface area (Å²) >= 11 is 9.77. The van der Waals surface area contributed by atoms with Crippen molar-refractivity contribution in [2.45, 2.75) is 0 Å². The van der Waals surface area contributed by atoms with Gasteiger partial charge in [-0.3, -0.25) is 0 Å². The van der Waals surface area contributed by atoms with Crippen LogP contribution in [-0.2, 0) is 0 Å². The van der Waals surface area contributed by atoms with E-state index in [9.17, 15) is 0 Å². The number of hydrogen-bond acceptors (Lipinski definition) is 0. The molecule has 0 saturated carbocycles. The van der Waals surface area contributed by atoms with Crippen molar-refractivity contribution in [1.82, 2.24) is 0 Å². The Bertz CT molecular complexity index is 1040. The molecule has 0 aromatic heterocycles. The minimum absolute atomic E-state index is 0.767. The molecule has 0 unspecified atom stereocenters. The van der Waals surface area contributed by atoms with Gasteiger partial charge in [0.1, 0.15) is 0 Å². The fraction of sp³-hybridized carbons (Fsp3) is 0. The van der Waals surface area contributed by atoms with Crippen molar-refractivity contribution in [3.05, 3.63) is 94.4 Å². The first kappa shape index (κ1) is 15.4. The second-order valence-electron chi connectivity index (χ2n) is 5.73. The molecule has 4 rings (SSSR count). The summed E-state index contributed by atoms with van der Waals surface area (Å²) in [6.45, 7) is 0. The van der Waals surface area contributed by atoms with Crippen molar-refractivity contribution in [1.29, 1.82) is 0 Å². The van der Waals surface area contributed by atoms with E-state index in [1.807, 2.05) is 18.2 Å². The van der Waals surface area contributed by atoms with E-state index in [-0.39, 0.29) is 0 Å². The van der Waals surface area contributed by atoms with Crippen LogP contribution < -0.4 is 0 Å². The van der Waals surface area contributed by atoms with E-state index in [2.05, 4.69) is 82.7 Å². The van der Waals surface area contributed by atoms with Gasteiger partial charge in [0.15, 0.2) is 0 Å². The average molecular weight is 394 g/mol. The zero-order chi connectivity index (χ0) is 16.5. The normalized spacial score (nSPS) is 10.9. The molecule has 0 nitrogen and oxygen atoms in total. The SMILES string of the molecule is Clc1ccc2cc(-c3ccccc3-c3ccccc3Br)ccc2c1. The third-order valence-electron chi connectivity index (χ3n) is 4.20. The third-order valence-corrected chi connectivity index (χ3v) is 5.13. The first-order chi connectivity index (χ1) is 11.7. The van der Waals surface area contributed by atoms with E-state index in [0.29, 0.717) is 0 Å². The summed E-state index contributed by atoms with van der Waals surface area (Å²) in [5.41, 5.74) is 4.85. The van der Waals surface area contributed by atoms with E-state index in [4.69, 9.17) is 11.6 Å². The Hall–Kier alpha value is -2.09. The van der Waals surface area contributed by atoms with Crippen molar-refractivity contribution in [3.63, 3.8) is 0 Å². The molecular weight excluding hydrogens is 380 g/mol. The molecule has 0 amide bonds. The van der Waals surface area contributed by atoms with Gasteiger partial charge in [-0.05, 0) is 57.3 Å². The molecule has 0 radical (unpaired) electrons. The van der Waals surface area contributed by atoms with Crippen molar-refractivity contribution < 1.29 is 0 Å². The second kappa shape index (κ2) is 6.43. The first-order valence-electron chi connectivity index (χ1n) is 7.76. The lowest BCUT2D eigenvalue weighted by molar-refractivity contribution is 1.57. The van der Waals surface area contributed by atoms with Crippen LogP contribution in [0.3, 0.4) is 0 Å². The van der Waals surface area contributed by atoms with E-state index in [1.165, 1.54) is 27.6 Å². The van der Waals surface area contributed by atoms with Gasteiger partial charge in [-0.1, -0.05) is 88.2 Å². The Morgan fingerprint density at radius 1 is 0.583 bits per heavy atom. The fourth-order valence-corrected chi connectivity index (χ4v) is 3.71. The van der Waals surface area contributed by atoms with Crippen LogP contribution in [0.15, 0.2) is 89.4 Å². The van der Waals surface area contributed by atoms with Crippen molar-refractivity contribution >= 4 is 38.3 Å². The van der Waals surface area contributed by atoms with Gasteiger partial charge in [-0.2, -0.15) is 0 Å². The van der Waals surface area contributed by atoms with E-state index in [1.54, 1.807) is 0 Å². The van der Waals surface area contributed by atoms with Gasteiger partial charge in [0.05, 0.1) is 0 Å². The molecule has 24 heavy (non-hydrogen) atoms. The van der Waals surface area contributed by atoms with Crippen LogP contribution in [0.2, 0.25) is 5.02 Å². The fourth-order valence-electron chi connectivity index (χ4n) is 3.03. The molecule has 0 heterocycles. The summed E-state index contributed by atoms with van der Waals surface area (Å²) in [4.78, 5) is 0. The van der Waals surface area contributed by atoms with Crippen LogP contribution in [0.25, 0.3) is 33.0 Å². The number of hydrogen-bond donors (Lipinski definition) is 0. The molecule has 0 saturated heterocycles. The van der Waals surface area contributed by atoms with Gasteiger partial charge < -0.3 is 0 Å². The minimum atomic E-state index is 0.767. The summed E-state index contributed by atoms with van der Waals surface area (Å²) in [5, 5.41) is 3.12. The minimum Gasteiger partial charge on any atom is -0.0843 e. The summed E-state index contributed by atoms with van der Waals surface area (Å²) in [5.74, 6) is 0. The number of fused-ring (bicyclic) bond motifs is 1. The highest BCUT2D eigenvalue weighted by Crippen LogP contribution is 2.37. The van der Waals surface area contributed by atoms with Crippen molar-refractivity contribution in [3.8, 4) is 22.3 Å². The van der Waals surface area contributed by atoms with Gasteiger partial charge in [0.25, 0.3) is 0 Å². The van der Waals surface area contributed by atoms with Crippen LogP contribution >= 0.6 is 27.5 Å². The first-order valence-corrected chi connectivity index (χ1v) is 8.93. The monoisotopic (exact) mass is 392 g/mol. The standard InChI is InChI=1S/C22H14BrCl/c23-22-8-4-3-7-21(22)20-6-2-1-5-19(20)17-10-9-16-14-18(24)12-11-15(16)13-17/h1-14H. The summed E-state index contributed by atoms with van der Waals surface area (Å²) in [7, 11) is 0. The Morgan fingerprint density at radius 3 is 2.00 bits per heavy atom. The zero-order valence-electron chi connectivity index (χ0n) is 12.8. The van der Waals surface area contributed by atoms with E-state index in [0.717, 1.165) is 14.9 Å². The summed E-state index contributed by atoms with van der Waals surface area (Å²) < 4.78 is 1.10. The smallest absolute Gasteiger partial charge is 0.0412 e. The van der Waals surface area contributed by atoms with Gasteiger partial charge in [0, 0.05) is 9.50 Å². The molecule has 0 N–H and O–H groups in total. The molecule has 4 aromatic rings. The Labute approximate surface area is 154 Å². The van der Waals surface area contributed by atoms with Crippen LogP contribution in [0.5, 0.6) is 0 Å². The molecule has 4 aromatic carbocycles. The predicted octanol–water partition coefficient (Wildman–Crippen LogP) is 7.59. The molecule has 0 bridgehead atoms. The quantitative estimate of drug-likeness (QED) is 0.329. The molecule has 116 valence electrons. The Morgan fingerprint density at radius 2 is 1.21 bits per heavy atom. The Balaban J connectivity index is 1.92. The molecule has 0 aliphatic heterocycles. The maximum Gasteiger partial charge on any atom is 0.0412 e. The third kappa shape index (κ3) is 2.86. The maximum atomic E-state index is 6.09. The lowest BCUT2D eigenvalue weighted by atomic mass is 9.93. The van der Waals surface area contributed by atoms with Gasteiger partial charge in [-0.25, -0.2) is 0 Å². The van der Waals surface area contributed by atoms with Crippen LogP contribution in [-0.4, -0.2) is 0 Å². The van der Waals surface area contributed by atoms with Gasteiger partial charge >= 0.3 is 0 Å². The lowest BCUT2D eigenvalue weighted by Gasteiger charge is -2.12. The van der Waals surface area contributed by atoms with E-state index < -0.39 is 0 Å². The number of halogens is 2. The maximum absolute atomic E-state index is 6.09. The molecule has 0 spiro atoms. The summed E-state index contributed by atoms with van der Waals surface area (Å²) in [6.07, 6.45) is 0. The number of benzene rings is 4.